The second-order valence-electron chi connectivity index (χ2n) is 7.13. The molecule has 2 aliphatic heterocycles. The van der Waals surface area contributed by atoms with E-state index >= 15 is 0 Å². The summed E-state index contributed by atoms with van der Waals surface area (Å²) in [5.74, 6) is 0.571. The molecule has 1 saturated heterocycles. The van der Waals surface area contributed by atoms with Crippen LogP contribution in [-0.2, 0) is 16.6 Å². The highest BCUT2D eigenvalue weighted by molar-refractivity contribution is 7.90. The quantitative estimate of drug-likeness (QED) is 0.788. The van der Waals surface area contributed by atoms with Gasteiger partial charge in [-0.3, -0.25) is 4.90 Å². The fourth-order valence-corrected chi connectivity index (χ4v) is 5.20. The Morgan fingerprint density at radius 3 is 2.48 bits per heavy atom. The van der Waals surface area contributed by atoms with Crippen LogP contribution in [0.3, 0.4) is 0 Å². The standard InChI is InChI=1S/C20H22ClN3O2S/c1-23(20-18-4-2-3-5-19(18)27(25,26)22-20)17-10-12-24(13-11-17)14-15-6-8-16(21)9-7-15/h2-9,17H,10-14H2,1H3. The average molecular weight is 404 g/mol. The van der Waals surface area contributed by atoms with Crippen molar-refractivity contribution < 1.29 is 8.42 Å². The van der Waals surface area contributed by atoms with Crippen molar-refractivity contribution in [3.8, 4) is 0 Å². The van der Waals surface area contributed by atoms with Gasteiger partial charge in [-0.25, -0.2) is 0 Å². The molecule has 0 unspecified atom stereocenters. The first-order valence-electron chi connectivity index (χ1n) is 9.08. The van der Waals surface area contributed by atoms with Gasteiger partial charge in [-0.15, -0.1) is 4.40 Å². The van der Waals surface area contributed by atoms with Gasteiger partial charge < -0.3 is 4.90 Å². The van der Waals surface area contributed by atoms with Crippen LogP contribution in [0.25, 0.3) is 0 Å². The fourth-order valence-electron chi connectivity index (χ4n) is 3.83. The number of likely N-dealkylation sites (tertiary alicyclic amines) is 1. The Hall–Kier alpha value is -1.89. The van der Waals surface area contributed by atoms with Crippen molar-refractivity contribution in [2.24, 2.45) is 4.40 Å². The van der Waals surface area contributed by atoms with Crippen LogP contribution in [0.1, 0.15) is 24.0 Å². The predicted octanol–water partition coefficient (Wildman–Crippen LogP) is 3.39. The van der Waals surface area contributed by atoms with Crippen LogP contribution >= 0.6 is 11.6 Å². The van der Waals surface area contributed by atoms with Crippen molar-refractivity contribution in [2.45, 2.75) is 30.3 Å². The molecule has 0 bridgehead atoms. The van der Waals surface area contributed by atoms with Gasteiger partial charge in [-0.05, 0) is 42.7 Å². The van der Waals surface area contributed by atoms with Crippen molar-refractivity contribution in [2.75, 3.05) is 20.1 Å². The normalized spacial score (nSPS) is 19.6. The lowest BCUT2D eigenvalue weighted by atomic mass is 10.0. The number of hydrogen-bond acceptors (Lipinski definition) is 4. The topological polar surface area (TPSA) is 53.0 Å². The number of rotatable bonds is 3. The molecule has 2 aliphatic rings. The summed E-state index contributed by atoms with van der Waals surface area (Å²) < 4.78 is 28.6. The van der Waals surface area contributed by atoms with Gasteiger partial charge in [0.1, 0.15) is 4.90 Å². The van der Waals surface area contributed by atoms with E-state index in [0.717, 1.165) is 37.5 Å². The summed E-state index contributed by atoms with van der Waals surface area (Å²) in [5.41, 5.74) is 1.97. The lowest BCUT2D eigenvalue weighted by molar-refractivity contribution is 0.160. The Bertz CT molecular complexity index is 965. The maximum absolute atomic E-state index is 12.3. The molecular formula is C20H22ClN3O2S. The largest absolute Gasteiger partial charge is 0.355 e. The summed E-state index contributed by atoms with van der Waals surface area (Å²) >= 11 is 5.95. The van der Waals surface area contributed by atoms with Crippen molar-refractivity contribution >= 4 is 27.5 Å². The Kier molecular flexibility index (Phi) is 4.97. The zero-order chi connectivity index (χ0) is 19.0. The molecule has 0 amide bonds. The van der Waals surface area contributed by atoms with E-state index in [1.165, 1.54) is 5.56 Å². The van der Waals surface area contributed by atoms with Gasteiger partial charge in [-0.1, -0.05) is 35.9 Å². The van der Waals surface area contributed by atoms with Gasteiger partial charge in [-0.2, -0.15) is 8.42 Å². The molecule has 142 valence electrons. The van der Waals surface area contributed by atoms with Crippen LogP contribution in [0, 0.1) is 0 Å². The van der Waals surface area contributed by atoms with Crippen LogP contribution in [0.5, 0.6) is 0 Å². The predicted molar refractivity (Wildman–Crippen MR) is 108 cm³/mol. The maximum atomic E-state index is 12.3. The van der Waals surface area contributed by atoms with E-state index < -0.39 is 10.0 Å². The Labute approximate surface area is 165 Å². The zero-order valence-electron chi connectivity index (χ0n) is 15.2. The molecule has 0 atom stereocenters. The van der Waals surface area contributed by atoms with Crippen LogP contribution in [0.2, 0.25) is 5.02 Å². The minimum absolute atomic E-state index is 0.284. The first-order chi connectivity index (χ1) is 12.9. The molecule has 27 heavy (non-hydrogen) atoms. The average Bonchev–Trinajstić information content (AvgIpc) is 2.95. The molecular weight excluding hydrogens is 382 g/mol. The molecule has 2 aromatic rings. The van der Waals surface area contributed by atoms with E-state index in [1.54, 1.807) is 12.1 Å². The first kappa shape index (κ1) is 18.5. The summed E-state index contributed by atoms with van der Waals surface area (Å²) in [4.78, 5) is 4.78. The second kappa shape index (κ2) is 7.26. The van der Waals surface area contributed by atoms with Crippen molar-refractivity contribution in [1.82, 2.24) is 9.80 Å². The molecule has 1 fully saturated rings. The smallest absolute Gasteiger partial charge is 0.285 e. The van der Waals surface area contributed by atoms with Gasteiger partial charge in [0.25, 0.3) is 10.0 Å². The van der Waals surface area contributed by atoms with E-state index in [2.05, 4.69) is 21.4 Å². The van der Waals surface area contributed by atoms with Crippen molar-refractivity contribution in [3.63, 3.8) is 0 Å². The van der Waals surface area contributed by atoms with Crippen LogP contribution in [0.4, 0.5) is 0 Å². The lowest BCUT2D eigenvalue weighted by Gasteiger charge is -2.37. The number of sulfonamides is 1. The van der Waals surface area contributed by atoms with Gasteiger partial charge in [0.2, 0.25) is 0 Å². The fraction of sp³-hybridized carbons (Fsp3) is 0.350. The molecule has 0 aromatic heterocycles. The molecule has 0 radical (unpaired) electrons. The van der Waals surface area contributed by atoms with E-state index in [0.29, 0.717) is 16.3 Å². The molecule has 2 aromatic carbocycles. The first-order valence-corrected chi connectivity index (χ1v) is 10.9. The van der Waals surface area contributed by atoms with Gasteiger partial charge in [0.05, 0.1) is 0 Å². The van der Waals surface area contributed by atoms with E-state index in [1.807, 2.05) is 36.2 Å². The van der Waals surface area contributed by atoms with Crippen molar-refractivity contribution in [1.29, 1.82) is 0 Å². The number of benzene rings is 2. The second-order valence-corrected chi connectivity index (χ2v) is 9.14. The Balaban J connectivity index is 1.42. The van der Waals surface area contributed by atoms with E-state index in [-0.39, 0.29) is 6.04 Å². The third kappa shape index (κ3) is 3.74. The van der Waals surface area contributed by atoms with Crippen LogP contribution in [0.15, 0.2) is 57.8 Å². The SMILES string of the molecule is CN(C1=NS(=O)(=O)c2ccccc21)C1CCN(Cc2ccc(Cl)cc2)CC1. The van der Waals surface area contributed by atoms with Crippen molar-refractivity contribution in [3.05, 3.63) is 64.7 Å². The molecule has 0 spiro atoms. The number of piperidine rings is 1. The highest BCUT2D eigenvalue weighted by Crippen LogP contribution is 2.29. The summed E-state index contributed by atoms with van der Waals surface area (Å²) in [5, 5.41) is 0.756. The van der Waals surface area contributed by atoms with Gasteiger partial charge in [0.15, 0.2) is 5.84 Å². The maximum Gasteiger partial charge on any atom is 0.285 e. The number of halogens is 1. The van der Waals surface area contributed by atoms with E-state index in [9.17, 15) is 8.42 Å². The van der Waals surface area contributed by atoms with Crippen LogP contribution < -0.4 is 0 Å². The summed E-state index contributed by atoms with van der Waals surface area (Å²) in [6.45, 7) is 2.85. The summed E-state index contributed by atoms with van der Waals surface area (Å²) in [6.07, 6.45) is 1.96. The Morgan fingerprint density at radius 1 is 1.11 bits per heavy atom. The third-order valence-corrected chi connectivity index (χ3v) is 6.95. The minimum Gasteiger partial charge on any atom is -0.355 e. The molecule has 4 rings (SSSR count). The van der Waals surface area contributed by atoms with Gasteiger partial charge >= 0.3 is 0 Å². The monoisotopic (exact) mass is 403 g/mol. The number of nitrogens with zero attached hydrogens (tertiary/aromatic N) is 3. The minimum atomic E-state index is -3.57. The number of amidine groups is 1. The summed E-state index contributed by atoms with van der Waals surface area (Å²) in [6, 6.07) is 15.3. The molecule has 5 nitrogen and oxygen atoms in total. The molecule has 0 saturated carbocycles. The number of hydrogen-bond donors (Lipinski definition) is 0. The lowest BCUT2D eigenvalue weighted by Crippen LogP contribution is -2.45. The van der Waals surface area contributed by atoms with Crippen LogP contribution in [-0.4, -0.2) is 50.2 Å². The number of fused-ring (bicyclic) bond motifs is 1. The highest BCUT2D eigenvalue weighted by Gasteiger charge is 2.33. The molecule has 0 N–H and O–H groups in total. The van der Waals surface area contributed by atoms with E-state index in [4.69, 9.17) is 11.6 Å². The Morgan fingerprint density at radius 2 is 1.78 bits per heavy atom. The van der Waals surface area contributed by atoms with Gasteiger partial charge in [0, 0.05) is 43.3 Å². The molecule has 0 aliphatic carbocycles. The zero-order valence-corrected chi connectivity index (χ0v) is 16.7. The molecule has 2 heterocycles. The third-order valence-electron chi connectivity index (χ3n) is 5.37. The molecule has 7 heteroatoms. The summed E-state index contributed by atoms with van der Waals surface area (Å²) in [7, 11) is -1.61. The highest BCUT2D eigenvalue weighted by atomic mass is 35.5.